The summed E-state index contributed by atoms with van der Waals surface area (Å²) >= 11 is 0. The Bertz CT molecular complexity index is 518. The summed E-state index contributed by atoms with van der Waals surface area (Å²) < 4.78 is 0. The quantitative estimate of drug-likeness (QED) is 0.735. The molecule has 2 heterocycles. The van der Waals surface area contributed by atoms with E-state index in [0.717, 1.165) is 5.65 Å². The molecule has 0 aliphatic heterocycles. The van der Waals surface area contributed by atoms with Crippen molar-refractivity contribution in [2.75, 3.05) is 0 Å². The molecule has 0 saturated carbocycles. The van der Waals surface area contributed by atoms with E-state index in [1.54, 1.807) is 0 Å². The van der Waals surface area contributed by atoms with Crippen LogP contribution in [0.2, 0.25) is 0 Å². The summed E-state index contributed by atoms with van der Waals surface area (Å²) in [6.07, 6.45) is 12.0. The van der Waals surface area contributed by atoms with Crippen LogP contribution in [0.5, 0.6) is 0 Å². The van der Waals surface area contributed by atoms with E-state index in [1.807, 2.05) is 43.6 Å². The first-order valence-corrected chi connectivity index (χ1v) is 5.05. The zero-order chi connectivity index (χ0) is 10.7. The van der Waals surface area contributed by atoms with Crippen LogP contribution in [0.1, 0.15) is 18.1 Å². The third-order valence-corrected chi connectivity index (χ3v) is 2.39. The smallest absolute Gasteiger partial charge is 0.138 e. The van der Waals surface area contributed by atoms with E-state index in [2.05, 4.69) is 23.0 Å². The van der Waals surface area contributed by atoms with Gasteiger partial charge in [0.2, 0.25) is 0 Å². The molecular weight excluding hydrogens is 184 g/mol. The number of aryl methyl sites for hydroxylation is 1. The molecule has 0 radical (unpaired) electrons. The predicted molar refractivity (Wildman–Crippen MR) is 64.7 cm³/mol. The second-order valence-corrected chi connectivity index (χ2v) is 3.48. The van der Waals surface area contributed by atoms with Gasteiger partial charge in [-0.05, 0) is 25.5 Å². The van der Waals surface area contributed by atoms with Gasteiger partial charge in [0, 0.05) is 23.3 Å². The summed E-state index contributed by atoms with van der Waals surface area (Å²) in [6.45, 7) is 4.11. The number of nitrogens with one attached hydrogen (secondary N) is 1. The fraction of sp³-hybridized carbons (Fsp3) is 0.154. The first kappa shape index (κ1) is 9.71. The van der Waals surface area contributed by atoms with Crippen LogP contribution in [0, 0.1) is 6.92 Å². The molecule has 2 rings (SSSR count). The van der Waals surface area contributed by atoms with Crippen molar-refractivity contribution < 1.29 is 0 Å². The van der Waals surface area contributed by atoms with E-state index in [-0.39, 0.29) is 0 Å². The van der Waals surface area contributed by atoms with E-state index in [1.165, 1.54) is 16.5 Å². The normalized spacial score (nSPS) is 12.1. The Labute approximate surface area is 89.4 Å². The Morgan fingerprint density at radius 2 is 2.20 bits per heavy atom. The first-order chi connectivity index (χ1) is 7.33. The zero-order valence-corrected chi connectivity index (χ0v) is 8.99. The van der Waals surface area contributed by atoms with Gasteiger partial charge in [0.05, 0.1) is 0 Å². The molecule has 0 spiro atoms. The summed E-state index contributed by atoms with van der Waals surface area (Å²) in [4.78, 5) is 7.45. The molecule has 0 saturated heterocycles. The van der Waals surface area contributed by atoms with Crippen molar-refractivity contribution in [3.63, 3.8) is 0 Å². The van der Waals surface area contributed by atoms with Crippen LogP contribution < -0.4 is 0 Å². The molecule has 2 heteroatoms. The molecule has 15 heavy (non-hydrogen) atoms. The topological polar surface area (TPSA) is 28.7 Å². The van der Waals surface area contributed by atoms with Gasteiger partial charge in [-0.15, -0.1) is 0 Å². The maximum atomic E-state index is 4.28. The summed E-state index contributed by atoms with van der Waals surface area (Å²) in [7, 11) is 0. The number of rotatable bonds is 2. The molecule has 0 aromatic carbocycles. The van der Waals surface area contributed by atoms with Gasteiger partial charge in [-0.3, -0.25) is 0 Å². The average Bonchev–Trinajstić information content (AvgIpc) is 2.63. The second-order valence-electron chi connectivity index (χ2n) is 3.48. The van der Waals surface area contributed by atoms with Crippen LogP contribution in [-0.4, -0.2) is 9.97 Å². The lowest BCUT2D eigenvalue weighted by atomic mass is 10.1. The molecule has 0 atom stereocenters. The van der Waals surface area contributed by atoms with Crippen LogP contribution in [-0.2, 0) is 0 Å². The Morgan fingerprint density at radius 3 is 3.00 bits per heavy atom. The number of aromatic nitrogens is 2. The van der Waals surface area contributed by atoms with Crippen molar-refractivity contribution in [2.45, 2.75) is 13.8 Å². The molecule has 76 valence electrons. The Morgan fingerprint density at radius 1 is 1.33 bits per heavy atom. The van der Waals surface area contributed by atoms with Gasteiger partial charge in [0.25, 0.3) is 0 Å². The number of fused-ring (bicyclic) bond motifs is 1. The van der Waals surface area contributed by atoms with Crippen molar-refractivity contribution >= 4 is 17.1 Å². The Hall–Kier alpha value is -1.83. The molecule has 0 aliphatic rings. The van der Waals surface area contributed by atoms with Crippen LogP contribution in [0.3, 0.4) is 0 Å². The average molecular weight is 198 g/mol. The fourth-order valence-corrected chi connectivity index (χ4v) is 1.65. The lowest BCUT2D eigenvalue weighted by molar-refractivity contribution is 1.31. The number of nitrogens with zero attached hydrogens (tertiary/aromatic N) is 1. The molecule has 1 N–H and O–H groups in total. The summed E-state index contributed by atoms with van der Waals surface area (Å²) in [5.41, 5.74) is 3.39. The van der Waals surface area contributed by atoms with Gasteiger partial charge in [0.15, 0.2) is 0 Å². The fourth-order valence-electron chi connectivity index (χ4n) is 1.65. The Balaban J connectivity index is 2.52. The highest BCUT2D eigenvalue weighted by Gasteiger charge is 2.03. The molecular formula is C13H14N2. The predicted octanol–water partition coefficient (Wildman–Crippen LogP) is 3.46. The van der Waals surface area contributed by atoms with Crippen molar-refractivity contribution in [2.24, 2.45) is 0 Å². The molecule has 0 bridgehead atoms. The maximum Gasteiger partial charge on any atom is 0.138 e. The summed E-state index contributed by atoms with van der Waals surface area (Å²) in [5.74, 6) is 0. The van der Waals surface area contributed by atoms with Gasteiger partial charge in [-0.25, -0.2) is 4.98 Å². The molecule has 2 nitrogen and oxygen atoms in total. The van der Waals surface area contributed by atoms with Crippen molar-refractivity contribution in [3.8, 4) is 0 Å². The Kier molecular flexibility index (Phi) is 2.68. The van der Waals surface area contributed by atoms with Gasteiger partial charge in [-0.1, -0.05) is 24.3 Å². The monoisotopic (exact) mass is 198 g/mol. The lowest BCUT2D eigenvalue weighted by Gasteiger charge is -1.95. The van der Waals surface area contributed by atoms with Crippen LogP contribution >= 0.6 is 0 Å². The second kappa shape index (κ2) is 4.13. The number of pyridine rings is 1. The number of allylic oxidation sites excluding steroid dienone is 3. The molecule has 0 unspecified atom stereocenters. The van der Waals surface area contributed by atoms with E-state index in [9.17, 15) is 0 Å². The molecule has 2 aromatic rings. The first-order valence-electron chi connectivity index (χ1n) is 5.05. The highest BCUT2D eigenvalue weighted by molar-refractivity contribution is 5.89. The van der Waals surface area contributed by atoms with Crippen molar-refractivity contribution in [1.82, 2.24) is 9.97 Å². The van der Waals surface area contributed by atoms with E-state index < -0.39 is 0 Å². The van der Waals surface area contributed by atoms with Gasteiger partial charge in [-0.2, -0.15) is 0 Å². The zero-order valence-electron chi connectivity index (χ0n) is 8.99. The van der Waals surface area contributed by atoms with Gasteiger partial charge < -0.3 is 4.98 Å². The summed E-state index contributed by atoms with van der Waals surface area (Å²) in [5, 5.41) is 1.21. The van der Waals surface area contributed by atoms with Gasteiger partial charge >= 0.3 is 0 Å². The minimum atomic E-state index is 0.954. The van der Waals surface area contributed by atoms with Crippen LogP contribution in [0.4, 0.5) is 0 Å². The lowest BCUT2D eigenvalue weighted by Crippen LogP contribution is -1.79. The number of hydrogen-bond acceptors (Lipinski definition) is 1. The van der Waals surface area contributed by atoms with Gasteiger partial charge in [0.1, 0.15) is 5.65 Å². The van der Waals surface area contributed by atoms with E-state index in [0.29, 0.717) is 0 Å². The van der Waals surface area contributed by atoms with Crippen LogP contribution in [0.15, 0.2) is 36.7 Å². The maximum absolute atomic E-state index is 4.28. The minimum absolute atomic E-state index is 0.954. The number of H-pyrrole nitrogens is 1. The third-order valence-electron chi connectivity index (χ3n) is 2.39. The molecule has 0 fully saturated rings. The SMILES string of the molecule is C/C=C\C=C/c1c[nH]c2nccc(C)c12. The highest BCUT2D eigenvalue weighted by atomic mass is 14.8. The van der Waals surface area contributed by atoms with Crippen molar-refractivity contribution in [1.29, 1.82) is 0 Å². The minimum Gasteiger partial charge on any atom is -0.346 e. The van der Waals surface area contributed by atoms with Crippen molar-refractivity contribution in [3.05, 3.63) is 47.8 Å². The summed E-state index contributed by atoms with van der Waals surface area (Å²) in [6, 6.07) is 2.03. The highest BCUT2D eigenvalue weighted by Crippen LogP contribution is 2.21. The third kappa shape index (κ3) is 1.84. The molecule has 2 aromatic heterocycles. The number of hydrogen-bond donors (Lipinski definition) is 1. The number of aromatic amines is 1. The largest absolute Gasteiger partial charge is 0.346 e. The van der Waals surface area contributed by atoms with E-state index in [4.69, 9.17) is 0 Å². The standard InChI is InChI=1S/C13H14N2/c1-3-4-5-6-11-9-15-13-12(11)10(2)7-8-14-13/h3-9H,1-2H3,(H,14,15)/b4-3-,6-5-. The van der Waals surface area contributed by atoms with E-state index >= 15 is 0 Å². The van der Waals surface area contributed by atoms with Crippen LogP contribution in [0.25, 0.3) is 17.1 Å². The molecule has 0 aliphatic carbocycles. The molecule has 0 amide bonds.